The van der Waals surface area contributed by atoms with Gasteiger partial charge in [-0.25, -0.2) is 0 Å². The van der Waals surface area contributed by atoms with Crippen molar-refractivity contribution in [2.45, 2.75) is 31.6 Å². The highest BCUT2D eigenvalue weighted by molar-refractivity contribution is 5.23. The number of aromatic nitrogens is 2. The van der Waals surface area contributed by atoms with Crippen molar-refractivity contribution in [1.82, 2.24) is 9.78 Å². The maximum absolute atomic E-state index is 9.38. The van der Waals surface area contributed by atoms with Crippen LogP contribution in [0.4, 0.5) is 0 Å². The number of aliphatic hydroxyl groups excluding tert-OH is 1. The first-order valence-corrected chi connectivity index (χ1v) is 4.80. The number of hydrogen-bond donors (Lipinski definition) is 1. The molecule has 3 heteroatoms. The van der Waals surface area contributed by atoms with Crippen molar-refractivity contribution < 1.29 is 5.11 Å². The lowest BCUT2D eigenvalue weighted by atomic mass is 9.67. The van der Waals surface area contributed by atoms with E-state index >= 15 is 0 Å². The summed E-state index contributed by atoms with van der Waals surface area (Å²) in [6.07, 6.45) is 3.43. The Morgan fingerprint density at radius 1 is 1.62 bits per heavy atom. The molecule has 0 amide bonds. The van der Waals surface area contributed by atoms with Gasteiger partial charge < -0.3 is 5.11 Å². The fourth-order valence-corrected chi connectivity index (χ4v) is 2.21. The zero-order valence-corrected chi connectivity index (χ0v) is 8.25. The van der Waals surface area contributed by atoms with Crippen LogP contribution in [0.3, 0.4) is 0 Å². The van der Waals surface area contributed by atoms with Crippen molar-refractivity contribution >= 4 is 0 Å². The Bertz CT molecular complexity index is 307. The molecule has 0 aliphatic heterocycles. The summed E-state index contributed by atoms with van der Waals surface area (Å²) in [6, 6.07) is 2.09. The molecule has 0 radical (unpaired) electrons. The number of aliphatic hydroxyl groups is 1. The van der Waals surface area contributed by atoms with Crippen molar-refractivity contribution in [2.24, 2.45) is 7.05 Å². The summed E-state index contributed by atoms with van der Waals surface area (Å²) in [4.78, 5) is 0. The molecule has 1 N–H and O–H groups in total. The molecule has 0 saturated heterocycles. The number of aryl methyl sites for hydroxylation is 2. The molecule has 1 aliphatic rings. The minimum atomic E-state index is 0.0238. The Morgan fingerprint density at radius 3 is 2.62 bits per heavy atom. The quantitative estimate of drug-likeness (QED) is 0.741. The second-order valence-corrected chi connectivity index (χ2v) is 4.09. The van der Waals surface area contributed by atoms with Gasteiger partial charge in [-0.1, -0.05) is 6.42 Å². The summed E-state index contributed by atoms with van der Waals surface area (Å²) in [5, 5.41) is 13.7. The van der Waals surface area contributed by atoms with Gasteiger partial charge >= 0.3 is 0 Å². The van der Waals surface area contributed by atoms with Crippen LogP contribution in [0.1, 0.15) is 30.7 Å². The van der Waals surface area contributed by atoms with E-state index in [0.717, 1.165) is 18.5 Å². The summed E-state index contributed by atoms with van der Waals surface area (Å²) in [5.41, 5.74) is 2.26. The summed E-state index contributed by atoms with van der Waals surface area (Å²) < 4.78 is 1.91. The van der Waals surface area contributed by atoms with Crippen molar-refractivity contribution in [3.63, 3.8) is 0 Å². The predicted octanol–water partition coefficient (Wildman–Crippen LogP) is 1.14. The fourth-order valence-electron chi connectivity index (χ4n) is 2.21. The molecular weight excluding hydrogens is 164 g/mol. The van der Waals surface area contributed by atoms with Crippen LogP contribution in [0.2, 0.25) is 0 Å². The van der Waals surface area contributed by atoms with Crippen LogP contribution in [0.15, 0.2) is 6.07 Å². The van der Waals surface area contributed by atoms with Gasteiger partial charge in [0.1, 0.15) is 0 Å². The van der Waals surface area contributed by atoms with Crippen LogP contribution < -0.4 is 0 Å². The van der Waals surface area contributed by atoms with Crippen LogP contribution in [-0.2, 0) is 12.5 Å². The molecule has 1 saturated carbocycles. The van der Waals surface area contributed by atoms with Crippen LogP contribution in [0.5, 0.6) is 0 Å². The number of rotatable bonds is 2. The second-order valence-electron chi connectivity index (χ2n) is 4.09. The monoisotopic (exact) mass is 180 g/mol. The van der Waals surface area contributed by atoms with E-state index in [-0.39, 0.29) is 12.0 Å². The minimum Gasteiger partial charge on any atom is -0.395 e. The molecule has 13 heavy (non-hydrogen) atoms. The van der Waals surface area contributed by atoms with Gasteiger partial charge in [0.2, 0.25) is 0 Å². The van der Waals surface area contributed by atoms with Crippen molar-refractivity contribution in [2.75, 3.05) is 6.61 Å². The van der Waals surface area contributed by atoms with Gasteiger partial charge in [-0.15, -0.1) is 0 Å². The van der Waals surface area contributed by atoms with Gasteiger partial charge in [-0.05, 0) is 25.8 Å². The molecule has 0 unspecified atom stereocenters. The highest BCUT2D eigenvalue weighted by atomic mass is 16.3. The Kier molecular flexibility index (Phi) is 1.91. The molecule has 2 rings (SSSR count). The summed E-state index contributed by atoms with van der Waals surface area (Å²) >= 11 is 0. The summed E-state index contributed by atoms with van der Waals surface area (Å²) in [7, 11) is 1.96. The third-order valence-corrected chi connectivity index (χ3v) is 3.16. The lowest BCUT2D eigenvalue weighted by Gasteiger charge is -2.40. The van der Waals surface area contributed by atoms with E-state index in [1.165, 1.54) is 12.1 Å². The molecule has 1 fully saturated rings. The lowest BCUT2D eigenvalue weighted by molar-refractivity contribution is 0.112. The third kappa shape index (κ3) is 1.18. The van der Waals surface area contributed by atoms with Gasteiger partial charge in [-0.2, -0.15) is 5.10 Å². The maximum atomic E-state index is 9.38. The van der Waals surface area contributed by atoms with Crippen molar-refractivity contribution in [3.05, 3.63) is 17.5 Å². The predicted molar refractivity (Wildman–Crippen MR) is 50.6 cm³/mol. The van der Waals surface area contributed by atoms with Crippen LogP contribution >= 0.6 is 0 Å². The van der Waals surface area contributed by atoms with Gasteiger partial charge in [0.05, 0.1) is 12.3 Å². The molecule has 0 atom stereocenters. The third-order valence-electron chi connectivity index (χ3n) is 3.16. The summed E-state index contributed by atoms with van der Waals surface area (Å²) in [6.45, 7) is 2.25. The Balaban J connectivity index is 2.37. The van der Waals surface area contributed by atoms with Gasteiger partial charge in [-0.3, -0.25) is 4.68 Å². The molecule has 1 heterocycles. The molecule has 0 aromatic carbocycles. The molecule has 0 spiro atoms. The standard InChI is InChI=1S/C10H16N2O/c1-8-6-9(12(2)11-8)10(7-13)4-3-5-10/h6,13H,3-5,7H2,1-2H3. The molecular formula is C10H16N2O. The van der Waals surface area contributed by atoms with Crippen LogP contribution in [-0.4, -0.2) is 21.5 Å². The number of nitrogens with zero attached hydrogens (tertiary/aromatic N) is 2. The lowest BCUT2D eigenvalue weighted by Crippen LogP contribution is -2.39. The van der Waals surface area contributed by atoms with E-state index in [1.807, 2.05) is 18.7 Å². The minimum absolute atomic E-state index is 0.0238. The van der Waals surface area contributed by atoms with Crippen molar-refractivity contribution in [3.8, 4) is 0 Å². The average Bonchev–Trinajstić information content (AvgIpc) is 2.30. The maximum Gasteiger partial charge on any atom is 0.0596 e. The van der Waals surface area contributed by atoms with E-state index in [1.54, 1.807) is 0 Å². The summed E-state index contributed by atoms with van der Waals surface area (Å²) in [5.74, 6) is 0. The van der Waals surface area contributed by atoms with Crippen LogP contribution in [0, 0.1) is 6.92 Å². The van der Waals surface area contributed by atoms with Crippen LogP contribution in [0.25, 0.3) is 0 Å². The van der Waals surface area contributed by atoms with E-state index in [0.29, 0.717) is 0 Å². The second kappa shape index (κ2) is 2.84. The molecule has 1 aromatic rings. The van der Waals surface area contributed by atoms with Gasteiger partial charge in [0, 0.05) is 18.2 Å². The molecule has 1 aliphatic carbocycles. The zero-order chi connectivity index (χ0) is 9.47. The van der Waals surface area contributed by atoms with E-state index in [9.17, 15) is 5.11 Å². The normalized spacial score (nSPS) is 19.9. The molecule has 3 nitrogen and oxygen atoms in total. The zero-order valence-electron chi connectivity index (χ0n) is 8.25. The smallest absolute Gasteiger partial charge is 0.0596 e. The first kappa shape index (κ1) is 8.75. The van der Waals surface area contributed by atoms with Gasteiger partial charge in [0.15, 0.2) is 0 Å². The topological polar surface area (TPSA) is 38.0 Å². The highest BCUT2D eigenvalue weighted by Crippen LogP contribution is 2.43. The highest BCUT2D eigenvalue weighted by Gasteiger charge is 2.40. The van der Waals surface area contributed by atoms with E-state index < -0.39 is 0 Å². The Labute approximate surface area is 78.4 Å². The molecule has 1 aromatic heterocycles. The Hall–Kier alpha value is -0.830. The molecule has 0 bridgehead atoms. The Morgan fingerprint density at radius 2 is 2.31 bits per heavy atom. The van der Waals surface area contributed by atoms with E-state index in [4.69, 9.17) is 0 Å². The number of hydrogen-bond acceptors (Lipinski definition) is 2. The van der Waals surface area contributed by atoms with Crippen molar-refractivity contribution in [1.29, 1.82) is 0 Å². The first-order chi connectivity index (χ1) is 6.18. The largest absolute Gasteiger partial charge is 0.395 e. The average molecular weight is 180 g/mol. The van der Waals surface area contributed by atoms with Gasteiger partial charge in [0.25, 0.3) is 0 Å². The molecule has 72 valence electrons. The first-order valence-electron chi connectivity index (χ1n) is 4.80. The van der Waals surface area contributed by atoms with E-state index in [2.05, 4.69) is 11.2 Å². The SMILES string of the molecule is Cc1cc(C2(CO)CCC2)n(C)n1. The fraction of sp³-hybridized carbons (Fsp3) is 0.700.